The Morgan fingerprint density at radius 2 is 2.12 bits per heavy atom. The zero-order valence-corrected chi connectivity index (χ0v) is 10.0. The molecule has 1 unspecified atom stereocenters. The van der Waals surface area contributed by atoms with Crippen molar-refractivity contribution in [3.05, 3.63) is 0 Å². The van der Waals surface area contributed by atoms with E-state index in [1.807, 2.05) is 0 Å². The maximum Gasteiger partial charge on any atom is 0.308 e. The first kappa shape index (κ1) is 11.9. The van der Waals surface area contributed by atoms with E-state index < -0.39 is 5.97 Å². The summed E-state index contributed by atoms with van der Waals surface area (Å²) in [5.74, 6) is -0.761. The van der Waals surface area contributed by atoms with E-state index in [1.165, 1.54) is 0 Å². The fourth-order valence-corrected chi connectivity index (χ4v) is 3.25. The number of carbonyl (C=O) groups is 1. The number of rotatable bonds is 2. The molecule has 0 bridgehead atoms. The van der Waals surface area contributed by atoms with Gasteiger partial charge in [0.1, 0.15) is 0 Å². The number of nitrogens with zero attached hydrogens (tertiary/aromatic N) is 1. The van der Waals surface area contributed by atoms with Crippen LogP contribution in [0, 0.1) is 11.3 Å². The molecule has 2 heterocycles. The van der Waals surface area contributed by atoms with Gasteiger partial charge in [-0.1, -0.05) is 6.92 Å². The molecule has 1 atom stereocenters. The number of piperidine rings is 2. The summed E-state index contributed by atoms with van der Waals surface area (Å²) in [6, 6.07) is 0. The van der Waals surface area contributed by atoms with Crippen molar-refractivity contribution in [3.8, 4) is 0 Å². The SMILES string of the molecule is CCN1CCC2(CCNCC2)C(C(=O)O)C1. The fourth-order valence-electron chi connectivity index (χ4n) is 3.25. The van der Waals surface area contributed by atoms with Gasteiger partial charge in [0.15, 0.2) is 0 Å². The van der Waals surface area contributed by atoms with E-state index in [0.29, 0.717) is 0 Å². The second kappa shape index (κ2) is 4.72. The number of carboxylic acid groups (broad SMARTS) is 1. The molecule has 16 heavy (non-hydrogen) atoms. The summed E-state index contributed by atoms with van der Waals surface area (Å²) in [5, 5.41) is 12.8. The third-order valence-corrected chi connectivity index (χ3v) is 4.45. The van der Waals surface area contributed by atoms with Crippen molar-refractivity contribution in [2.75, 3.05) is 32.7 Å². The number of aliphatic carboxylic acids is 1. The van der Waals surface area contributed by atoms with E-state index in [-0.39, 0.29) is 11.3 Å². The molecule has 2 saturated heterocycles. The number of carboxylic acids is 1. The lowest BCUT2D eigenvalue weighted by molar-refractivity contribution is -0.152. The summed E-state index contributed by atoms with van der Waals surface area (Å²) in [6.45, 7) is 6.86. The van der Waals surface area contributed by atoms with Crippen LogP contribution in [0.1, 0.15) is 26.2 Å². The minimum absolute atomic E-state index is 0.0722. The zero-order valence-electron chi connectivity index (χ0n) is 10.0. The van der Waals surface area contributed by atoms with Crippen molar-refractivity contribution in [2.45, 2.75) is 26.2 Å². The summed E-state index contributed by atoms with van der Waals surface area (Å²) in [6.07, 6.45) is 3.11. The molecule has 2 fully saturated rings. The Balaban J connectivity index is 2.13. The summed E-state index contributed by atoms with van der Waals surface area (Å²) >= 11 is 0. The highest BCUT2D eigenvalue weighted by atomic mass is 16.4. The normalized spacial score (nSPS) is 30.4. The molecule has 0 aliphatic carbocycles. The topological polar surface area (TPSA) is 52.6 Å². The van der Waals surface area contributed by atoms with Crippen LogP contribution < -0.4 is 5.32 Å². The molecular formula is C12H22N2O2. The standard InChI is InChI=1S/C12H22N2O2/c1-2-14-8-5-12(3-6-13-7-4-12)10(9-14)11(15)16/h10,13H,2-9H2,1H3,(H,15,16). The number of likely N-dealkylation sites (tertiary alicyclic amines) is 1. The smallest absolute Gasteiger partial charge is 0.308 e. The molecule has 4 nitrogen and oxygen atoms in total. The van der Waals surface area contributed by atoms with E-state index in [9.17, 15) is 9.90 Å². The largest absolute Gasteiger partial charge is 0.481 e. The Morgan fingerprint density at radius 1 is 1.44 bits per heavy atom. The molecule has 0 amide bonds. The Kier molecular flexibility index (Phi) is 3.50. The van der Waals surface area contributed by atoms with Gasteiger partial charge in [-0.3, -0.25) is 4.79 Å². The first-order valence-corrected chi connectivity index (χ1v) is 6.34. The van der Waals surface area contributed by atoms with Gasteiger partial charge >= 0.3 is 5.97 Å². The van der Waals surface area contributed by atoms with Crippen molar-refractivity contribution in [2.24, 2.45) is 11.3 Å². The lowest BCUT2D eigenvalue weighted by Crippen LogP contribution is -2.54. The number of hydrogen-bond acceptors (Lipinski definition) is 3. The highest BCUT2D eigenvalue weighted by molar-refractivity contribution is 5.71. The third kappa shape index (κ3) is 2.09. The maximum absolute atomic E-state index is 11.4. The summed E-state index contributed by atoms with van der Waals surface area (Å²) < 4.78 is 0. The lowest BCUT2D eigenvalue weighted by atomic mass is 9.65. The molecule has 92 valence electrons. The van der Waals surface area contributed by atoms with Crippen LogP contribution in [0.4, 0.5) is 0 Å². The summed E-state index contributed by atoms with van der Waals surface area (Å²) in [5.41, 5.74) is 0.0722. The molecule has 0 radical (unpaired) electrons. The van der Waals surface area contributed by atoms with Gasteiger partial charge in [-0.25, -0.2) is 0 Å². The van der Waals surface area contributed by atoms with Gasteiger partial charge in [-0.2, -0.15) is 0 Å². The second-order valence-corrected chi connectivity index (χ2v) is 5.15. The van der Waals surface area contributed by atoms with Crippen molar-refractivity contribution in [3.63, 3.8) is 0 Å². The van der Waals surface area contributed by atoms with E-state index in [0.717, 1.165) is 52.0 Å². The van der Waals surface area contributed by atoms with E-state index in [2.05, 4.69) is 17.1 Å². The average Bonchev–Trinajstić information content (AvgIpc) is 2.30. The van der Waals surface area contributed by atoms with Crippen LogP contribution in [0.2, 0.25) is 0 Å². The van der Waals surface area contributed by atoms with Crippen LogP contribution in [-0.2, 0) is 4.79 Å². The van der Waals surface area contributed by atoms with Gasteiger partial charge in [0.25, 0.3) is 0 Å². The molecule has 0 saturated carbocycles. The predicted octanol–water partition coefficient (Wildman–Crippen LogP) is 0.783. The van der Waals surface area contributed by atoms with Gasteiger partial charge in [0, 0.05) is 6.54 Å². The molecule has 2 N–H and O–H groups in total. The predicted molar refractivity (Wildman–Crippen MR) is 62.4 cm³/mol. The second-order valence-electron chi connectivity index (χ2n) is 5.15. The number of nitrogens with one attached hydrogen (secondary N) is 1. The Morgan fingerprint density at radius 3 is 2.69 bits per heavy atom. The average molecular weight is 226 g/mol. The van der Waals surface area contributed by atoms with Crippen LogP contribution in [0.15, 0.2) is 0 Å². The molecule has 2 rings (SSSR count). The molecular weight excluding hydrogens is 204 g/mol. The van der Waals surface area contributed by atoms with E-state index >= 15 is 0 Å². The quantitative estimate of drug-likeness (QED) is 0.730. The monoisotopic (exact) mass is 226 g/mol. The molecule has 0 aromatic carbocycles. The van der Waals surface area contributed by atoms with Gasteiger partial charge in [0.2, 0.25) is 0 Å². The van der Waals surface area contributed by atoms with Crippen LogP contribution in [0.25, 0.3) is 0 Å². The first-order valence-electron chi connectivity index (χ1n) is 6.34. The van der Waals surface area contributed by atoms with E-state index in [1.54, 1.807) is 0 Å². The minimum Gasteiger partial charge on any atom is -0.481 e. The lowest BCUT2D eigenvalue weighted by Gasteiger charge is -2.48. The Labute approximate surface area is 97.0 Å². The van der Waals surface area contributed by atoms with Crippen LogP contribution in [0.5, 0.6) is 0 Å². The Hall–Kier alpha value is -0.610. The maximum atomic E-state index is 11.4. The van der Waals surface area contributed by atoms with Crippen molar-refractivity contribution < 1.29 is 9.90 Å². The first-order chi connectivity index (χ1) is 7.68. The van der Waals surface area contributed by atoms with Gasteiger partial charge in [-0.05, 0) is 50.9 Å². The highest BCUT2D eigenvalue weighted by Gasteiger charge is 2.46. The van der Waals surface area contributed by atoms with Gasteiger partial charge < -0.3 is 15.3 Å². The summed E-state index contributed by atoms with van der Waals surface area (Å²) in [7, 11) is 0. The molecule has 4 heteroatoms. The zero-order chi connectivity index (χ0) is 11.6. The fraction of sp³-hybridized carbons (Fsp3) is 0.917. The molecule has 0 aromatic heterocycles. The highest BCUT2D eigenvalue weighted by Crippen LogP contribution is 2.43. The third-order valence-electron chi connectivity index (χ3n) is 4.45. The van der Waals surface area contributed by atoms with Crippen molar-refractivity contribution in [1.29, 1.82) is 0 Å². The Bertz CT molecular complexity index is 262. The van der Waals surface area contributed by atoms with Crippen molar-refractivity contribution in [1.82, 2.24) is 10.2 Å². The van der Waals surface area contributed by atoms with Crippen LogP contribution >= 0.6 is 0 Å². The summed E-state index contributed by atoms with van der Waals surface area (Å²) in [4.78, 5) is 13.7. The minimum atomic E-state index is -0.597. The van der Waals surface area contributed by atoms with Crippen LogP contribution in [-0.4, -0.2) is 48.7 Å². The van der Waals surface area contributed by atoms with Crippen LogP contribution in [0.3, 0.4) is 0 Å². The van der Waals surface area contributed by atoms with Crippen molar-refractivity contribution >= 4 is 5.97 Å². The molecule has 0 aromatic rings. The molecule has 1 spiro atoms. The van der Waals surface area contributed by atoms with E-state index in [4.69, 9.17) is 0 Å². The molecule has 2 aliphatic heterocycles. The number of hydrogen-bond donors (Lipinski definition) is 2. The molecule has 2 aliphatic rings. The van der Waals surface area contributed by atoms with Gasteiger partial charge in [-0.15, -0.1) is 0 Å². The van der Waals surface area contributed by atoms with Gasteiger partial charge in [0.05, 0.1) is 5.92 Å².